The molecule has 17 nitrogen and oxygen atoms in total. The van der Waals surface area contributed by atoms with E-state index in [2.05, 4.69) is 55.4 Å². The van der Waals surface area contributed by atoms with Crippen LogP contribution in [-0.4, -0.2) is 96.7 Å². The topological polar surface area (TPSA) is 237 Å². The SMILES string of the molecule is CCC(C)CCCCCCCCC(=O)OC[C@H](COP(=O)(O)OC[C@H](O)COP(=O)(O)OC[C@@H](COC(=O)CCCCCCCCCCCCCCCCCC(C)C)OC(=O)CCCCCCCCCCCCC(C)C)OC(=O)CCCCCCCCCCCCC(C)C. The first-order chi connectivity index (χ1) is 45.1. The number of aliphatic hydroxyl groups excluding tert-OH is 1. The maximum absolute atomic E-state index is 13.1. The minimum Gasteiger partial charge on any atom is -0.462 e. The van der Waals surface area contributed by atoms with E-state index in [1.807, 2.05) is 0 Å². The highest BCUT2D eigenvalue weighted by molar-refractivity contribution is 7.47. The van der Waals surface area contributed by atoms with Crippen LogP contribution >= 0.6 is 15.6 Å². The van der Waals surface area contributed by atoms with Crippen molar-refractivity contribution in [3.05, 3.63) is 0 Å². The predicted molar refractivity (Wildman–Crippen MR) is 381 cm³/mol. The lowest BCUT2D eigenvalue weighted by atomic mass is 10.00. The smallest absolute Gasteiger partial charge is 0.462 e. The van der Waals surface area contributed by atoms with Gasteiger partial charge in [0.15, 0.2) is 12.2 Å². The highest BCUT2D eigenvalue weighted by Gasteiger charge is 2.30. The Kier molecular flexibility index (Phi) is 63.1. The van der Waals surface area contributed by atoms with E-state index in [0.717, 1.165) is 120 Å². The molecule has 0 aromatic heterocycles. The van der Waals surface area contributed by atoms with E-state index < -0.39 is 97.5 Å². The Morgan fingerprint density at radius 1 is 0.298 bits per heavy atom. The number of hydrogen-bond acceptors (Lipinski definition) is 15. The van der Waals surface area contributed by atoms with Crippen LogP contribution in [0.3, 0.4) is 0 Å². The Hall–Kier alpha value is -1.94. The Morgan fingerprint density at radius 2 is 0.511 bits per heavy atom. The van der Waals surface area contributed by atoms with Gasteiger partial charge in [-0.3, -0.25) is 37.3 Å². The second kappa shape index (κ2) is 64.4. The number of rotatable bonds is 72. The highest BCUT2D eigenvalue weighted by atomic mass is 31.2. The van der Waals surface area contributed by atoms with E-state index in [4.69, 9.17) is 37.0 Å². The largest absolute Gasteiger partial charge is 0.472 e. The van der Waals surface area contributed by atoms with Crippen LogP contribution in [0.5, 0.6) is 0 Å². The molecule has 558 valence electrons. The summed E-state index contributed by atoms with van der Waals surface area (Å²) in [6, 6.07) is 0. The van der Waals surface area contributed by atoms with Gasteiger partial charge in [0.25, 0.3) is 0 Å². The van der Waals surface area contributed by atoms with Gasteiger partial charge in [0, 0.05) is 25.7 Å². The Labute approximate surface area is 575 Å². The van der Waals surface area contributed by atoms with Gasteiger partial charge in [-0.1, -0.05) is 325 Å². The molecule has 0 radical (unpaired) electrons. The Morgan fingerprint density at radius 3 is 0.755 bits per heavy atom. The fourth-order valence-electron chi connectivity index (χ4n) is 11.3. The molecule has 0 aromatic rings. The number of carbonyl (C=O) groups is 4. The first kappa shape index (κ1) is 92.1. The molecule has 3 unspecified atom stereocenters. The van der Waals surface area contributed by atoms with E-state index in [1.165, 1.54) is 173 Å². The number of hydrogen-bond donors (Lipinski definition) is 3. The van der Waals surface area contributed by atoms with Crippen molar-refractivity contribution in [3.63, 3.8) is 0 Å². The molecule has 0 aliphatic heterocycles. The van der Waals surface area contributed by atoms with Gasteiger partial charge in [-0.2, -0.15) is 0 Å². The van der Waals surface area contributed by atoms with Crippen LogP contribution in [0.25, 0.3) is 0 Å². The molecule has 0 saturated heterocycles. The van der Waals surface area contributed by atoms with Gasteiger partial charge in [0.2, 0.25) is 0 Å². The van der Waals surface area contributed by atoms with Crippen molar-refractivity contribution in [1.29, 1.82) is 0 Å². The first-order valence-corrected chi connectivity index (χ1v) is 41.7. The number of esters is 4. The molecular weight excluding hydrogens is 1230 g/mol. The van der Waals surface area contributed by atoms with Crippen LogP contribution in [0, 0.1) is 23.7 Å². The van der Waals surface area contributed by atoms with Crippen LogP contribution < -0.4 is 0 Å². The monoisotopic (exact) mass is 1380 g/mol. The van der Waals surface area contributed by atoms with Crippen molar-refractivity contribution in [1.82, 2.24) is 0 Å². The van der Waals surface area contributed by atoms with Crippen molar-refractivity contribution >= 4 is 39.5 Å². The van der Waals surface area contributed by atoms with E-state index in [1.54, 1.807) is 0 Å². The molecular formula is C75H146O17P2. The van der Waals surface area contributed by atoms with Gasteiger partial charge in [0.1, 0.15) is 19.3 Å². The molecule has 94 heavy (non-hydrogen) atoms. The van der Waals surface area contributed by atoms with Gasteiger partial charge in [-0.25, -0.2) is 9.13 Å². The summed E-state index contributed by atoms with van der Waals surface area (Å²) >= 11 is 0. The highest BCUT2D eigenvalue weighted by Crippen LogP contribution is 2.45. The fraction of sp³-hybridized carbons (Fsp3) is 0.947. The third-order valence-corrected chi connectivity index (χ3v) is 19.6. The van der Waals surface area contributed by atoms with Gasteiger partial charge < -0.3 is 33.8 Å². The second-order valence-electron chi connectivity index (χ2n) is 28.7. The zero-order chi connectivity index (χ0) is 69.6. The summed E-state index contributed by atoms with van der Waals surface area (Å²) in [6.45, 7) is 14.2. The average Bonchev–Trinajstić information content (AvgIpc) is 2.11. The molecule has 0 aliphatic rings. The van der Waals surface area contributed by atoms with Crippen LogP contribution in [0.15, 0.2) is 0 Å². The van der Waals surface area contributed by atoms with E-state index in [9.17, 15) is 43.2 Å². The number of unbranched alkanes of at least 4 members (excludes halogenated alkanes) is 37. The normalized spacial score (nSPS) is 14.4. The summed E-state index contributed by atoms with van der Waals surface area (Å²) in [5, 5.41) is 10.6. The molecule has 6 atom stereocenters. The van der Waals surface area contributed by atoms with Gasteiger partial charge in [-0.15, -0.1) is 0 Å². The van der Waals surface area contributed by atoms with Gasteiger partial charge in [-0.05, 0) is 49.4 Å². The summed E-state index contributed by atoms with van der Waals surface area (Å²) in [5.74, 6) is 0.918. The van der Waals surface area contributed by atoms with Crippen LogP contribution in [0.4, 0.5) is 0 Å². The molecule has 0 bridgehead atoms. The summed E-state index contributed by atoms with van der Waals surface area (Å²) in [5.41, 5.74) is 0. The number of phosphoric acid groups is 2. The van der Waals surface area contributed by atoms with E-state index in [-0.39, 0.29) is 25.7 Å². The molecule has 0 aliphatic carbocycles. The molecule has 3 N–H and O–H groups in total. The lowest BCUT2D eigenvalue weighted by molar-refractivity contribution is -0.161. The quantitative estimate of drug-likeness (QED) is 0.0222. The van der Waals surface area contributed by atoms with Gasteiger partial charge >= 0.3 is 39.5 Å². The molecule has 19 heteroatoms. The summed E-state index contributed by atoms with van der Waals surface area (Å²) in [7, 11) is -9.91. The van der Waals surface area contributed by atoms with Crippen molar-refractivity contribution < 1.29 is 80.2 Å². The van der Waals surface area contributed by atoms with Crippen molar-refractivity contribution in [2.45, 2.75) is 395 Å². The standard InChI is InChI=1S/C75H146O17P2/c1-9-68(8)54-46-38-33-34-40-48-56-73(78)86-62-71(92-75(80)58-50-42-32-26-20-18-23-29-37-45-53-67(6)7)64-90-94(83,84)88-60-69(76)59-87-93(81,82)89-63-70(91-74(79)57-49-41-31-25-19-17-22-28-36-44-52-66(4)5)61-85-72(77)55-47-39-30-24-16-14-12-10-11-13-15-21-27-35-43-51-65(2)3/h65-71,76H,9-64H2,1-8H3,(H,81,82)(H,83,84)/t68?,69-,70-,71-/m1/s1. The van der Waals surface area contributed by atoms with Crippen LogP contribution in [-0.2, 0) is 65.4 Å². The first-order valence-electron chi connectivity index (χ1n) is 38.7. The molecule has 0 aromatic carbocycles. The zero-order valence-corrected chi connectivity index (χ0v) is 63.4. The third-order valence-electron chi connectivity index (χ3n) is 17.7. The molecule has 0 amide bonds. The van der Waals surface area contributed by atoms with Crippen molar-refractivity contribution in [2.24, 2.45) is 23.7 Å². The predicted octanol–water partition coefficient (Wildman–Crippen LogP) is 21.7. The molecule has 0 saturated carbocycles. The minimum atomic E-state index is -4.96. The summed E-state index contributed by atoms with van der Waals surface area (Å²) in [4.78, 5) is 72.8. The maximum atomic E-state index is 13.1. The lowest BCUT2D eigenvalue weighted by Crippen LogP contribution is -2.30. The number of carbonyl (C=O) groups excluding carboxylic acids is 4. The Bertz CT molecular complexity index is 1850. The molecule has 0 spiro atoms. The van der Waals surface area contributed by atoms with E-state index >= 15 is 0 Å². The van der Waals surface area contributed by atoms with Gasteiger partial charge in [0.05, 0.1) is 26.4 Å². The number of ether oxygens (including phenoxy) is 4. The van der Waals surface area contributed by atoms with Crippen LogP contribution in [0.2, 0.25) is 0 Å². The van der Waals surface area contributed by atoms with Crippen molar-refractivity contribution in [3.8, 4) is 0 Å². The summed E-state index contributed by atoms with van der Waals surface area (Å²) < 4.78 is 68.5. The molecule has 0 rings (SSSR count). The van der Waals surface area contributed by atoms with Crippen molar-refractivity contribution in [2.75, 3.05) is 39.6 Å². The molecule has 0 heterocycles. The molecule has 0 fully saturated rings. The lowest BCUT2D eigenvalue weighted by Gasteiger charge is -2.21. The maximum Gasteiger partial charge on any atom is 0.472 e. The number of phosphoric ester groups is 2. The van der Waals surface area contributed by atoms with Crippen LogP contribution in [0.1, 0.15) is 376 Å². The summed E-state index contributed by atoms with van der Waals surface area (Å²) in [6.07, 6.45) is 48.6. The second-order valence-corrected chi connectivity index (χ2v) is 31.6. The van der Waals surface area contributed by atoms with E-state index in [0.29, 0.717) is 25.7 Å². The number of aliphatic hydroxyl groups is 1. The zero-order valence-electron chi connectivity index (χ0n) is 61.6. The average molecular weight is 1380 g/mol. The fourth-order valence-corrected chi connectivity index (χ4v) is 12.9. The minimum absolute atomic E-state index is 0.105. The Balaban J connectivity index is 5.23. The third kappa shape index (κ3) is 67.3.